The van der Waals surface area contributed by atoms with Crippen molar-refractivity contribution in [2.75, 3.05) is 13.6 Å². The molecule has 2 aromatic heterocycles. The minimum Gasteiger partial charge on any atom is -0.340 e. The molecule has 0 spiro atoms. The van der Waals surface area contributed by atoms with Crippen LogP contribution in [0.3, 0.4) is 0 Å². The highest BCUT2D eigenvalue weighted by molar-refractivity contribution is 6.05. The highest BCUT2D eigenvalue weighted by Gasteiger charge is 2.16. The van der Waals surface area contributed by atoms with Gasteiger partial charge in [0.2, 0.25) is 5.56 Å². The number of carbonyl (C=O) groups excluding carboxylic acids is 1. The van der Waals surface area contributed by atoms with Crippen molar-refractivity contribution < 1.29 is 9.18 Å². The summed E-state index contributed by atoms with van der Waals surface area (Å²) in [7, 11) is 1.68. The van der Waals surface area contributed by atoms with Crippen molar-refractivity contribution in [1.29, 1.82) is 0 Å². The van der Waals surface area contributed by atoms with Crippen LogP contribution in [0.5, 0.6) is 0 Å². The van der Waals surface area contributed by atoms with Crippen LogP contribution in [0.4, 0.5) is 4.39 Å². The fourth-order valence-electron chi connectivity index (χ4n) is 3.16. The van der Waals surface area contributed by atoms with Gasteiger partial charge in [0.1, 0.15) is 5.82 Å². The Morgan fingerprint density at radius 3 is 2.89 bits per heavy atom. The van der Waals surface area contributed by atoms with E-state index in [4.69, 9.17) is 0 Å². The Morgan fingerprint density at radius 1 is 1.22 bits per heavy atom. The van der Waals surface area contributed by atoms with E-state index in [0.717, 1.165) is 11.0 Å². The van der Waals surface area contributed by atoms with Crippen molar-refractivity contribution >= 4 is 27.8 Å². The van der Waals surface area contributed by atoms with E-state index in [9.17, 15) is 14.0 Å². The number of aromatic amines is 1. The summed E-state index contributed by atoms with van der Waals surface area (Å²) < 4.78 is 15.4. The molecule has 7 heteroatoms. The number of benzene rings is 2. The van der Waals surface area contributed by atoms with E-state index in [0.29, 0.717) is 24.0 Å². The van der Waals surface area contributed by atoms with Gasteiger partial charge in [-0.25, -0.2) is 9.37 Å². The molecular weight excluding hydrogens is 347 g/mol. The third-order valence-electron chi connectivity index (χ3n) is 4.59. The predicted octanol–water partition coefficient (Wildman–Crippen LogP) is 2.79. The second kappa shape index (κ2) is 6.68. The standard InChI is InChI=1S/C20H17FN4O2/c1-24(8-9-25-12-22-16-4-2-3-5-18(16)25)20(27)15-11-19(26)23-17-10-13(21)6-7-14(15)17/h2-7,10-12H,8-9H2,1H3,(H,23,26). The van der Waals surface area contributed by atoms with Crippen molar-refractivity contribution in [1.82, 2.24) is 19.4 Å². The first-order valence-corrected chi connectivity index (χ1v) is 8.51. The van der Waals surface area contributed by atoms with Gasteiger partial charge in [-0.2, -0.15) is 0 Å². The molecule has 0 radical (unpaired) electrons. The van der Waals surface area contributed by atoms with Gasteiger partial charge in [-0.1, -0.05) is 12.1 Å². The number of amides is 1. The third kappa shape index (κ3) is 3.19. The molecule has 0 unspecified atom stereocenters. The number of imidazole rings is 1. The molecule has 0 atom stereocenters. The molecule has 27 heavy (non-hydrogen) atoms. The molecule has 0 bridgehead atoms. The second-order valence-electron chi connectivity index (χ2n) is 6.39. The van der Waals surface area contributed by atoms with Crippen LogP contribution < -0.4 is 5.56 Å². The zero-order valence-electron chi connectivity index (χ0n) is 14.6. The minimum atomic E-state index is -0.469. The number of nitrogens with zero attached hydrogens (tertiary/aromatic N) is 3. The summed E-state index contributed by atoms with van der Waals surface area (Å²) in [5, 5.41) is 0.515. The fourth-order valence-corrected chi connectivity index (χ4v) is 3.16. The van der Waals surface area contributed by atoms with Crippen LogP contribution in [-0.2, 0) is 6.54 Å². The summed E-state index contributed by atoms with van der Waals surface area (Å²) in [6, 6.07) is 13.0. The molecule has 0 aliphatic carbocycles. The van der Waals surface area contributed by atoms with Gasteiger partial charge in [-0.3, -0.25) is 9.59 Å². The molecule has 2 aromatic carbocycles. The Kier molecular flexibility index (Phi) is 4.19. The molecule has 4 rings (SSSR count). The van der Waals surface area contributed by atoms with Crippen LogP contribution in [-0.4, -0.2) is 38.9 Å². The monoisotopic (exact) mass is 364 g/mol. The van der Waals surface area contributed by atoms with E-state index in [1.54, 1.807) is 18.3 Å². The lowest BCUT2D eigenvalue weighted by Crippen LogP contribution is -2.31. The quantitative estimate of drug-likeness (QED) is 0.605. The maximum atomic E-state index is 13.4. The Labute approximate surface area is 153 Å². The Balaban J connectivity index is 1.59. The lowest BCUT2D eigenvalue weighted by Gasteiger charge is -2.18. The molecule has 1 amide bonds. The number of fused-ring (bicyclic) bond motifs is 2. The number of pyridine rings is 1. The van der Waals surface area contributed by atoms with Gasteiger partial charge in [-0.05, 0) is 30.3 Å². The molecule has 1 N–H and O–H groups in total. The fraction of sp³-hybridized carbons (Fsp3) is 0.150. The van der Waals surface area contributed by atoms with Gasteiger partial charge < -0.3 is 14.5 Å². The maximum Gasteiger partial charge on any atom is 0.254 e. The largest absolute Gasteiger partial charge is 0.340 e. The molecule has 6 nitrogen and oxygen atoms in total. The van der Waals surface area contributed by atoms with Gasteiger partial charge >= 0.3 is 0 Å². The lowest BCUT2D eigenvalue weighted by molar-refractivity contribution is 0.0792. The number of carbonyl (C=O) groups is 1. The van der Waals surface area contributed by atoms with Gasteiger partial charge in [0.05, 0.1) is 28.4 Å². The summed E-state index contributed by atoms with van der Waals surface area (Å²) in [6.07, 6.45) is 1.74. The number of nitrogens with one attached hydrogen (secondary N) is 1. The van der Waals surface area contributed by atoms with Crippen molar-refractivity contribution in [2.24, 2.45) is 0 Å². The average molecular weight is 364 g/mol. The third-order valence-corrected chi connectivity index (χ3v) is 4.59. The normalized spacial score (nSPS) is 11.2. The molecule has 0 saturated carbocycles. The number of likely N-dealkylation sites (N-methyl/N-ethyl adjacent to an activating group) is 1. The van der Waals surface area contributed by atoms with Crippen molar-refractivity contribution in [2.45, 2.75) is 6.54 Å². The zero-order valence-corrected chi connectivity index (χ0v) is 14.6. The molecule has 0 aliphatic heterocycles. The predicted molar refractivity (Wildman–Crippen MR) is 101 cm³/mol. The molecule has 0 fully saturated rings. The van der Waals surface area contributed by atoms with E-state index in [-0.39, 0.29) is 11.5 Å². The lowest BCUT2D eigenvalue weighted by atomic mass is 10.1. The van der Waals surface area contributed by atoms with E-state index < -0.39 is 11.4 Å². The number of halogens is 1. The van der Waals surface area contributed by atoms with Crippen LogP contribution in [0.1, 0.15) is 10.4 Å². The molecule has 4 aromatic rings. The highest BCUT2D eigenvalue weighted by Crippen LogP contribution is 2.18. The smallest absolute Gasteiger partial charge is 0.254 e. The van der Waals surface area contributed by atoms with Crippen LogP contribution in [0.2, 0.25) is 0 Å². The van der Waals surface area contributed by atoms with Crippen LogP contribution in [0.15, 0.2) is 59.7 Å². The van der Waals surface area contributed by atoms with Crippen LogP contribution in [0.25, 0.3) is 21.9 Å². The number of rotatable bonds is 4. The number of hydrogen-bond donors (Lipinski definition) is 1. The summed E-state index contributed by atoms with van der Waals surface area (Å²) in [5.74, 6) is -0.759. The van der Waals surface area contributed by atoms with Crippen LogP contribution in [0, 0.1) is 5.82 Å². The highest BCUT2D eigenvalue weighted by atomic mass is 19.1. The first-order valence-electron chi connectivity index (χ1n) is 8.51. The molecule has 2 heterocycles. The van der Waals surface area contributed by atoms with E-state index in [2.05, 4.69) is 9.97 Å². The SMILES string of the molecule is CN(CCn1cnc2ccccc21)C(=O)c1cc(=O)[nH]c2cc(F)ccc12. The summed E-state index contributed by atoms with van der Waals surface area (Å²) in [6.45, 7) is 1.01. The van der Waals surface area contributed by atoms with Crippen molar-refractivity contribution in [3.63, 3.8) is 0 Å². The number of para-hydroxylation sites is 2. The van der Waals surface area contributed by atoms with Crippen molar-refractivity contribution in [3.8, 4) is 0 Å². The summed E-state index contributed by atoms with van der Waals surface area (Å²) in [4.78, 5) is 33.2. The Morgan fingerprint density at radius 2 is 2.04 bits per heavy atom. The van der Waals surface area contributed by atoms with Gasteiger partial charge in [-0.15, -0.1) is 0 Å². The first-order chi connectivity index (χ1) is 13.0. The zero-order chi connectivity index (χ0) is 19.0. The Bertz CT molecular complexity index is 1210. The summed E-state index contributed by atoms with van der Waals surface area (Å²) >= 11 is 0. The molecule has 0 aliphatic rings. The second-order valence-corrected chi connectivity index (χ2v) is 6.39. The maximum absolute atomic E-state index is 13.4. The summed E-state index contributed by atoms with van der Waals surface area (Å²) in [5.41, 5.74) is 2.02. The molecule has 0 saturated heterocycles. The number of H-pyrrole nitrogens is 1. The molecule has 136 valence electrons. The molecular formula is C20H17FN4O2. The average Bonchev–Trinajstić information content (AvgIpc) is 3.07. The van der Waals surface area contributed by atoms with E-state index >= 15 is 0 Å². The number of hydrogen-bond acceptors (Lipinski definition) is 3. The van der Waals surface area contributed by atoms with E-state index in [1.807, 2.05) is 28.8 Å². The van der Waals surface area contributed by atoms with Crippen molar-refractivity contribution in [3.05, 3.63) is 76.6 Å². The minimum absolute atomic E-state index is 0.256. The first kappa shape index (κ1) is 17.0. The van der Waals surface area contributed by atoms with Gasteiger partial charge in [0.15, 0.2) is 0 Å². The van der Waals surface area contributed by atoms with Crippen LogP contribution >= 0.6 is 0 Å². The topological polar surface area (TPSA) is 71.0 Å². The van der Waals surface area contributed by atoms with Gasteiger partial charge in [0, 0.05) is 31.6 Å². The van der Waals surface area contributed by atoms with E-state index in [1.165, 1.54) is 24.3 Å². The van der Waals surface area contributed by atoms with Gasteiger partial charge in [0.25, 0.3) is 5.91 Å². The number of aromatic nitrogens is 3. The Hall–Kier alpha value is -3.48.